The molecule has 0 bridgehead atoms. The lowest BCUT2D eigenvalue weighted by Gasteiger charge is -2.24. The first-order valence-corrected chi connectivity index (χ1v) is 13.1. The third kappa shape index (κ3) is 6.56. The van der Waals surface area contributed by atoms with E-state index in [9.17, 15) is 13.6 Å². The molecule has 5 rings (SSSR count). The second-order valence-corrected chi connectivity index (χ2v) is 9.82. The number of pyridine rings is 1. The van der Waals surface area contributed by atoms with Crippen LogP contribution < -0.4 is 5.32 Å². The molecule has 0 radical (unpaired) electrons. The maximum atomic E-state index is 13.1. The van der Waals surface area contributed by atoms with Crippen LogP contribution in [0.2, 0.25) is 0 Å². The van der Waals surface area contributed by atoms with Crippen molar-refractivity contribution in [3.63, 3.8) is 0 Å². The summed E-state index contributed by atoms with van der Waals surface area (Å²) in [6.45, 7) is 7.81. The largest absolute Gasteiger partial charge is 0.356 e. The fourth-order valence-electron chi connectivity index (χ4n) is 4.63. The average molecular weight is 515 g/mol. The average Bonchev–Trinajstić information content (AvgIpc) is 3.42. The van der Waals surface area contributed by atoms with Crippen molar-refractivity contribution in [3.8, 4) is 11.3 Å². The van der Waals surface area contributed by atoms with E-state index in [1.165, 1.54) is 25.7 Å². The lowest BCUT2D eigenvalue weighted by Crippen LogP contribution is -2.31. The van der Waals surface area contributed by atoms with Crippen LogP contribution >= 0.6 is 0 Å². The predicted octanol–water partition coefficient (Wildman–Crippen LogP) is 7.28. The summed E-state index contributed by atoms with van der Waals surface area (Å²) in [5.74, 6) is 0.916. The second-order valence-electron chi connectivity index (χ2n) is 9.82. The van der Waals surface area contributed by atoms with E-state index in [4.69, 9.17) is 4.98 Å². The molecule has 202 valence electrons. The molecule has 0 spiro atoms. The highest BCUT2D eigenvalue weighted by molar-refractivity contribution is 5.99. The van der Waals surface area contributed by atoms with Crippen LogP contribution in [0.5, 0.6) is 0 Å². The second kappa shape index (κ2) is 12.8. The lowest BCUT2D eigenvalue weighted by atomic mass is 9.80. The number of anilines is 1. The minimum Gasteiger partial charge on any atom is -0.356 e. The van der Waals surface area contributed by atoms with E-state index < -0.39 is 11.8 Å². The predicted molar refractivity (Wildman–Crippen MR) is 147 cm³/mol. The molecule has 1 N–H and O–H groups in total. The Balaban J connectivity index is 0.000000356. The highest BCUT2D eigenvalue weighted by Gasteiger charge is 2.41. The van der Waals surface area contributed by atoms with Crippen molar-refractivity contribution in [2.45, 2.75) is 84.5 Å². The SMILES string of the molecule is CCC.CNc1ncc2c(-c3ccc4c(n3)C(C)(CC(F)F)C(C)=N4)ccn2n1.O=CC1CCCCC1.[HH]. The number of aldehydes is 1. The van der Waals surface area contributed by atoms with Crippen LogP contribution in [0.1, 0.15) is 79.8 Å². The molecule has 3 aromatic rings. The number of alkyl halides is 2. The number of carbonyl (C=O) groups is 1. The molecule has 9 heteroatoms. The van der Waals surface area contributed by atoms with Gasteiger partial charge in [-0.3, -0.25) is 4.99 Å². The van der Waals surface area contributed by atoms with Crippen molar-refractivity contribution in [3.05, 3.63) is 36.3 Å². The smallest absolute Gasteiger partial charge is 0.240 e. The van der Waals surface area contributed by atoms with Gasteiger partial charge < -0.3 is 10.1 Å². The number of halogens is 2. The number of carbonyl (C=O) groups excluding carboxylic acids is 1. The Bertz CT molecular complexity index is 1230. The molecule has 1 aliphatic carbocycles. The number of rotatable bonds is 5. The Morgan fingerprint density at radius 3 is 2.51 bits per heavy atom. The molecule has 37 heavy (non-hydrogen) atoms. The van der Waals surface area contributed by atoms with Gasteiger partial charge in [-0.1, -0.05) is 39.5 Å². The van der Waals surface area contributed by atoms with E-state index >= 15 is 0 Å². The van der Waals surface area contributed by atoms with E-state index in [1.807, 2.05) is 24.4 Å². The Kier molecular flexibility index (Phi) is 9.83. The van der Waals surface area contributed by atoms with Crippen molar-refractivity contribution in [1.29, 1.82) is 0 Å². The van der Waals surface area contributed by atoms with Crippen molar-refractivity contribution in [2.24, 2.45) is 10.9 Å². The third-order valence-corrected chi connectivity index (χ3v) is 6.80. The molecular weight excluding hydrogens is 474 g/mol. The van der Waals surface area contributed by atoms with Crippen LogP contribution in [0.15, 0.2) is 35.6 Å². The Hall–Kier alpha value is -3.23. The molecule has 2 aliphatic rings. The van der Waals surface area contributed by atoms with E-state index in [0.717, 1.165) is 30.2 Å². The highest BCUT2D eigenvalue weighted by atomic mass is 19.3. The minimum absolute atomic E-state index is 0. The van der Waals surface area contributed by atoms with Gasteiger partial charge in [0.15, 0.2) is 0 Å². The molecule has 4 heterocycles. The van der Waals surface area contributed by atoms with Gasteiger partial charge in [-0.2, -0.15) is 0 Å². The van der Waals surface area contributed by atoms with Crippen LogP contribution in [0.25, 0.3) is 16.8 Å². The number of hydrogen-bond acceptors (Lipinski definition) is 6. The minimum atomic E-state index is -2.43. The van der Waals surface area contributed by atoms with Crippen molar-refractivity contribution < 1.29 is 15.0 Å². The van der Waals surface area contributed by atoms with Gasteiger partial charge in [0.05, 0.1) is 34.2 Å². The van der Waals surface area contributed by atoms with Gasteiger partial charge in [0.2, 0.25) is 12.4 Å². The zero-order valence-corrected chi connectivity index (χ0v) is 22.5. The summed E-state index contributed by atoms with van der Waals surface area (Å²) in [5.41, 5.74) is 3.40. The zero-order valence-electron chi connectivity index (χ0n) is 22.5. The Morgan fingerprint density at radius 2 is 1.92 bits per heavy atom. The van der Waals surface area contributed by atoms with Crippen LogP contribution in [0, 0.1) is 5.92 Å². The number of nitrogens with one attached hydrogen (secondary N) is 1. The maximum Gasteiger partial charge on any atom is 0.240 e. The van der Waals surface area contributed by atoms with Crippen molar-refractivity contribution in [2.75, 3.05) is 12.4 Å². The number of aromatic nitrogens is 4. The molecule has 0 saturated heterocycles. The third-order valence-electron chi connectivity index (χ3n) is 6.80. The summed E-state index contributed by atoms with van der Waals surface area (Å²) in [5, 5.41) is 7.23. The number of fused-ring (bicyclic) bond motifs is 2. The van der Waals surface area contributed by atoms with Gasteiger partial charge in [0.25, 0.3) is 0 Å². The summed E-state index contributed by atoms with van der Waals surface area (Å²) < 4.78 is 28.0. The molecule has 0 aromatic carbocycles. The zero-order chi connectivity index (χ0) is 27.0. The van der Waals surface area contributed by atoms with Crippen LogP contribution in [-0.4, -0.2) is 45.1 Å². The first-order valence-electron chi connectivity index (χ1n) is 13.1. The molecule has 3 aromatic heterocycles. The van der Waals surface area contributed by atoms with Crippen molar-refractivity contribution >= 4 is 29.2 Å². The van der Waals surface area contributed by atoms with E-state index in [1.54, 1.807) is 31.6 Å². The maximum absolute atomic E-state index is 13.1. The topological polar surface area (TPSA) is 84.5 Å². The van der Waals surface area contributed by atoms with Gasteiger partial charge >= 0.3 is 0 Å². The van der Waals surface area contributed by atoms with Crippen LogP contribution in [0.3, 0.4) is 0 Å². The molecule has 1 atom stereocenters. The fraction of sp³-hybridized carbons (Fsp3) is 0.536. The summed E-state index contributed by atoms with van der Waals surface area (Å²) in [6.07, 6.45) is 9.33. The molecule has 1 fully saturated rings. The normalized spacial score (nSPS) is 18.9. The highest BCUT2D eigenvalue weighted by Crippen LogP contribution is 2.43. The summed E-state index contributed by atoms with van der Waals surface area (Å²) in [4.78, 5) is 23.6. The number of aliphatic imine (C=N–C) groups is 1. The summed E-state index contributed by atoms with van der Waals surface area (Å²) in [7, 11) is 1.75. The first kappa shape index (κ1) is 28.3. The van der Waals surface area contributed by atoms with Gasteiger partial charge in [0, 0.05) is 38.3 Å². The van der Waals surface area contributed by atoms with Crippen molar-refractivity contribution in [1.82, 2.24) is 19.6 Å². The van der Waals surface area contributed by atoms with E-state index in [-0.39, 0.29) is 7.85 Å². The quantitative estimate of drug-likeness (QED) is 0.362. The number of hydrogen-bond donors (Lipinski definition) is 1. The molecule has 1 aliphatic heterocycles. The fourth-order valence-corrected chi connectivity index (χ4v) is 4.63. The molecule has 7 nitrogen and oxygen atoms in total. The van der Waals surface area contributed by atoms with Crippen LogP contribution in [0.4, 0.5) is 20.4 Å². The van der Waals surface area contributed by atoms with Gasteiger partial charge in [-0.25, -0.2) is 23.3 Å². The molecule has 1 unspecified atom stereocenters. The monoisotopic (exact) mass is 514 g/mol. The lowest BCUT2D eigenvalue weighted by molar-refractivity contribution is -0.111. The van der Waals surface area contributed by atoms with E-state index in [2.05, 4.69) is 34.2 Å². The first-order chi connectivity index (χ1) is 17.8. The van der Waals surface area contributed by atoms with E-state index in [0.29, 0.717) is 34.7 Å². The van der Waals surface area contributed by atoms with Gasteiger partial charge in [-0.05, 0) is 44.9 Å². The molecule has 0 amide bonds. The van der Waals surface area contributed by atoms with Gasteiger partial charge in [-0.15, -0.1) is 5.10 Å². The molecule has 1 saturated carbocycles. The van der Waals surface area contributed by atoms with Gasteiger partial charge in [0.1, 0.15) is 6.29 Å². The standard InChI is InChI=1S/C18H18F2N6.C7H12O.C3H8.H2/c1-10-18(2,8-15(19)20)16-13(23-10)5-4-12(24-16)11-6-7-26-14(11)9-22-17(21-3)25-26;8-6-7-4-2-1-3-5-7;1-3-2;/h4-7,9,15H,8H2,1-3H3,(H,21,25);6-7H,1-5H2;3H2,1-2H3;1H. The Morgan fingerprint density at radius 1 is 1.22 bits per heavy atom. The number of nitrogens with zero attached hydrogens (tertiary/aromatic N) is 5. The van der Waals surface area contributed by atoms with Crippen LogP contribution in [-0.2, 0) is 10.2 Å². The summed E-state index contributed by atoms with van der Waals surface area (Å²) in [6, 6.07) is 5.58. The summed E-state index contributed by atoms with van der Waals surface area (Å²) >= 11 is 0. The molecular formula is C28H40F2N6O. The Labute approximate surface area is 219 Å².